The minimum Gasteiger partial charge on any atom is -0.380 e. The van der Waals surface area contributed by atoms with E-state index in [1.165, 1.54) is 51.4 Å². The Morgan fingerprint density at radius 2 is 1.00 bits per heavy atom. The molecule has 5 fully saturated rings. The monoisotopic (exact) mass is 248 g/mol. The third-order valence-corrected chi connectivity index (χ3v) is 7.97. The van der Waals surface area contributed by atoms with E-state index < -0.39 is 0 Å². The molecule has 0 aromatic heterocycles. The maximum Gasteiger partial charge on any atom is 0.0696 e. The summed E-state index contributed by atoms with van der Waals surface area (Å²) >= 11 is 0. The Balaban J connectivity index is 1.70. The normalized spacial score (nSPS) is 67.0. The Hall–Kier alpha value is -0.0800. The second-order valence-corrected chi connectivity index (χ2v) is 7.92. The summed E-state index contributed by atoms with van der Waals surface area (Å²) in [5, 5.41) is 0. The number of hydrogen-bond acceptors (Lipinski definition) is 2. The van der Waals surface area contributed by atoms with Crippen LogP contribution >= 0.6 is 0 Å². The predicted molar refractivity (Wildman–Crippen MR) is 68.3 cm³/mol. The summed E-state index contributed by atoms with van der Waals surface area (Å²) in [6.45, 7) is 0. The van der Waals surface area contributed by atoms with E-state index >= 15 is 0 Å². The van der Waals surface area contributed by atoms with Crippen LogP contribution in [0.1, 0.15) is 51.4 Å². The molecule has 6 atom stereocenters. The largest absolute Gasteiger partial charge is 0.380 e. The molecular weight excluding hydrogens is 224 g/mol. The fraction of sp³-hybridized carbons (Fsp3) is 1.00. The van der Waals surface area contributed by atoms with Gasteiger partial charge in [0, 0.05) is 35.9 Å². The molecule has 5 saturated carbocycles. The van der Waals surface area contributed by atoms with Crippen LogP contribution in [0.25, 0.3) is 0 Å². The van der Waals surface area contributed by atoms with Crippen molar-refractivity contribution in [3.8, 4) is 0 Å². The van der Waals surface area contributed by atoms with Crippen LogP contribution in [0, 0.1) is 21.7 Å². The van der Waals surface area contributed by atoms with E-state index in [2.05, 4.69) is 0 Å². The Morgan fingerprint density at radius 1 is 0.667 bits per heavy atom. The first kappa shape index (κ1) is 10.7. The number of hydrogen-bond donors (Lipinski definition) is 0. The Kier molecular flexibility index (Phi) is 1.60. The zero-order valence-electron chi connectivity index (χ0n) is 11.6. The van der Waals surface area contributed by atoms with Gasteiger partial charge in [0.2, 0.25) is 0 Å². The van der Waals surface area contributed by atoms with Crippen LogP contribution in [0.15, 0.2) is 0 Å². The van der Waals surface area contributed by atoms with Gasteiger partial charge in [0.15, 0.2) is 0 Å². The molecule has 0 spiro atoms. The minimum absolute atomic E-state index is 0.521. The minimum atomic E-state index is 0.521. The Labute approximate surface area is 109 Å². The predicted octanol–water partition coefficient (Wildman–Crippen LogP) is 3.15. The molecule has 0 aromatic rings. The summed E-state index contributed by atoms with van der Waals surface area (Å²) in [7, 11) is 3.95. The van der Waals surface area contributed by atoms with E-state index in [4.69, 9.17) is 9.47 Å². The molecule has 100 valence electrons. The molecule has 2 unspecified atom stereocenters. The molecule has 5 rings (SSSR count). The van der Waals surface area contributed by atoms with Crippen molar-refractivity contribution in [2.75, 3.05) is 14.2 Å². The van der Waals surface area contributed by atoms with Crippen LogP contribution in [0.3, 0.4) is 0 Å². The molecule has 0 aromatic carbocycles. The van der Waals surface area contributed by atoms with Crippen molar-refractivity contribution in [2.24, 2.45) is 21.7 Å². The molecule has 0 saturated heterocycles. The van der Waals surface area contributed by atoms with Gasteiger partial charge in [-0.05, 0) is 38.5 Å². The topological polar surface area (TPSA) is 18.5 Å². The maximum atomic E-state index is 6.14. The van der Waals surface area contributed by atoms with Gasteiger partial charge in [-0.2, -0.15) is 0 Å². The molecule has 5 aliphatic rings. The van der Waals surface area contributed by atoms with Crippen molar-refractivity contribution >= 4 is 0 Å². The van der Waals surface area contributed by atoms with Gasteiger partial charge in [-0.3, -0.25) is 0 Å². The highest BCUT2D eigenvalue weighted by atomic mass is 16.5. The number of methoxy groups -OCH3 is 2. The molecule has 0 radical (unpaired) electrons. The van der Waals surface area contributed by atoms with Crippen LogP contribution in [-0.4, -0.2) is 26.4 Å². The molecule has 0 N–H and O–H groups in total. The summed E-state index contributed by atoms with van der Waals surface area (Å²) in [6.07, 6.45) is 12.4. The van der Waals surface area contributed by atoms with Crippen molar-refractivity contribution in [1.29, 1.82) is 0 Å². The lowest BCUT2D eigenvalue weighted by Gasteiger charge is -2.45. The van der Waals surface area contributed by atoms with Gasteiger partial charge in [0.05, 0.1) is 12.2 Å². The van der Waals surface area contributed by atoms with Gasteiger partial charge >= 0.3 is 0 Å². The first-order valence-electron chi connectivity index (χ1n) is 7.77. The zero-order chi connectivity index (χ0) is 12.2. The summed E-state index contributed by atoms with van der Waals surface area (Å²) in [6, 6.07) is 0. The molecular formula is C16H24O2. The molecule has 0 bridgehead atoms. The van der Waals surface area contributed by atoms with Crippen LogP contribution < -0.4 is 0 Å². The molecule has 0 amide bonds. The molecule has 18 heavy (non-hydrogen) atoms. The van der Waals surface area contributed by atoms with Crippen molar-refractivity contribution in [3.63, 3.8) is 0 Å². The van der Waals surface area contributed by atoms with Crippen molar-refractivity contribution < 1.29 is 9.47 Å². The van der Waals surface area contributed by atoms with E-state index in [0.717, 1.165) is 0 Å². The second-order valence-electron chi connectivity index (χ2n) is 7.92. The molecule has 2 heteroatoms. The second kappa shape index (κ2) is 2.69. The Morgan fingerprint density at radius 3 is 1.28 bits per heavy atom. The van der Waals surface area contributed by atoms with Gasteiger partial charge in [-0.15, -0.1) is 0 Å². The lowest BCUT2D eigenvalue weighted by atomic mass is 9.67. The highest BCUT2D eigenvalue weighted by Crippen LogP contribution is 2.94. The van der Waals surface area contributed by atoms with Crippen LogP contribution in [0.2, 0.25) is 0 Å². The van der Waals surface area contributed by atoms with Crippen LogP contribution in [-0.2, 0) is 9.47 Å². The Bertz CT molecular complexity index is 363. The summed E-state index contributed by atoms with van der Waals surface area (Å²) in [5.74, 6) is 0. The SMILES string of the molecule is COC1[C@@]23CCC[C@@]2(C3)C(OC)[C@]23CCC[C@@]12C3. The average molecular weight is 248 g/mol. The van der Waals surface area contributed by atoms with Crippen molar-refractivity contribution in [1.82, 2.24) is 0 Å². The van der Waals surface area contributed by atoms with Gasteiger partial charge in [-0.25, -0.2) is 0 Å². The smallest absolute Gasteiger partial charge is 0.0696 e. The standard InChI is InChI=1S/C16H24O2/c1-17-11-13-5-3-7-15(13,9-13)12(18-2)16-8-4-6-14(11,16)10-16/h11-12H,3-10H2,1-2H3/t11?,12?,13-,14-,15-,16+/m1/s1. The third-order valence-electron chi connectivity index (χ3n) is 7.97. The summed E-state index contributed by atoms with van der Waals surface area (Å²) < 4.78 is 12.3. The van der Waals surface area contributed by atoms with Crippen molar-refractivity contribution in [2.45, 2.75) is 63.6 Å². The van der Waals surface area contributed by atoms with Gasteiger partial charge in [-0.1, -0.05) is 12.8 Å². The van der Waals surface area contributed by atoms with Crippen LogP contribution in [0.5, 0.6) is 0 Å². The number of rotatable bonds is 2. The molecule has 0 aliphatic heterocycles. The van der Waals surface area contributed by atoms with E-state index in [9.17, 15) is 0 Å². The highest BCUT2D eigenvalue weighted by molar-refractivity contribution is 5.41. The van der Waals surface area contributed by atoms with E-state index in [1.54, 1.807) is 0 Å². The van der Waals surface area contributed by atoms with E-state index in [-0.39, 0.29) is 0 Å². The lowest BCUT2D eigenvalue weighted by molar-refractivity contribution is -0.124. The average Bonchev–Trinajstić information content (AvgIpc) is 3.08. The molecule has 0 heterocycles. The fourth-order valence-electron chi connectivity index (χ4n) is 7.72. The molecule has 5 aliphatic carbocycles. The summed E-state index contributed by atoms with van der Waals surface area (Å²) in [4.78, 5) is 0. The van der Waals surface area contributed by atoms with Crippen molar-refractivity contribution in [3.05, 3.63) is 0 Å². The van der Waals surface area contributed by atoms with Gasteiger partial charge in [0.1, 0.15) is 0 Å². The maximum absolute atomic E-state index is 6.14. The van der Waals surface area contributed by atoms with Gasteiger partial charge < -0.3 is 9.47 Å². The zero-order valence-corrected chi connectivity index (χ0v) is 11.6. The lowest BCUT2D eigenvalue weighted by Crippen LogP contribution is -2.50. The van der Waals surface area contributed by atoms with E-state index in [0.29, 0.717) is 33.9 Å². The number of ether oxygens (including phenoxy) is 2. The highest BCUT2D eigenvalue weighted by Gasteiger charge is 2.93. The quantitative estimate of drug-likeness (QED) is 0.747. The van der Waals surface area contributed by atoms with Crippen LogP contribution in [0.4, 0.5) is 0 Å². The first-order valence-corrected chi connectivity index (χ1v) is 7.77. The molecule has 2 nitrogen and oxygen atoms in total. The summed E-state index contributed by atoms with van der Waals surface area (Å²) in [5.41, 5.74) is 2.08. The third kappa shape index (κ3) is 0.725. The first-order chi connectivity index (χ1) is 8.71. The van der Waals surface area contributed by atoms with E-state index in [1.807, 2.05) is 14.2 Å². The van der Waals surface area contributed by atoms with Gasteiger partial charge in [0.25, 0.3) is 0 Å². The fourth-order valence-corrected chi connectivity index (χ4v) is 7.72.